The van der Waals surface area contributed by atoms with Crippen molar-refractivity contribution < 1.29 is 9.90 Å². The molecule has 0 aliphatic carbocycles. The van der Waals surface area contributed by atoms with Gasteiger partial charge in [0.25, 0.3) is 6.47 Å². The molecule has 0 rings (SSSR count). The minimum Gasteiger partial charge on any atom is -0.483 e. The number of thiol groups is 2. The van der Waals surface area contributed by atoms with Gasteiger partial charge >= 0.3 is 0 Å². The largest absolute Gasteiger partial charge is 0.483 e. The van der Waals surface area contributed by atoms with Gasteiger partial charge in [0.05, 0.1) is 0 Å². The maximum Gasteiger partial charge on any atom is 0.290 e. The van der Waals surface area contributed by atoms with Gasteiger partial charge in [-0.25, -0.2) is 0 Å². The number of hydrogen-bond donors (Lipinski definition) is 3. The van der Waals surface area contributed by atoms with Gasteiger partial charge in [0, 0.05) is 0 Å². The molecule has 0 spiro atoms. The van der Waals surface area contributed by atoms with E-state index in [0.717, 1.165) is 0 Å². The molecule has 0 radical (unpaired) electrons. The van der Waals surface area contributed by atoms with Crippen LogP contribution in [0, 0.1) is 0 Å². The Morgan fingerprint density at radius 2 is 1.60 bits per heavy atom. The first-order chi connectivity index (χ1) is 2.41. The van der Waals surface area contributed by atoms with Crippen LogP contribution in [0.15, 0.2) is 0 Å². The second-order valence-electron chi connectivity index (χ2n) is 0.105. The first-order valence-corrected chi connectivity index (χ1v) is 2.29. The summed E-state index contributed by atoms with van der Waals surface area (Å²) in [6, 6.07) is 0. The van der Waals surface area contributed by atoms with Gasteiger partial charge in [0.2, 0.25) is 0 Å². The molecule has 32 valence electrons. The van der Waals surface area contributed by atoms with E-state index in [1.165, 1.54) is 0 Å². The quantitative estimate of drug-likeness (QED) is 0.242. The zero-order valence-corrected chi connectivity index (χ0v) is 4.12. The van der Waals surface area contributed by atoms with Crippen LogP contribution in [0.3, 0.4) is 0 Å². The summed E-state index contributed by atoms with van der Waals surface area (Å²) in [5.74, 6) is 0. The summed E-state index contributed by atoms with van der Waals surface area (Å²) in [5.41, 5.74) is 0. The summed E-state index contributed by atoms with van der Waals surface area (Å²) in [7, 11) is 0. The molecular formula is CH4O2S2. The van der Waals surface area contributed by atoms with E-state index in [9.17, 15) is 0 Å². The van der Waals surface area contributed by atoms with Gasteiger partial charge in [-0.3, -0.25) is 4.79 Å². The van der Waals surface area contributed by atoms with Crippen molar-refractivity contribution in [2.45, 2.75) is 0 Å². The predicted molar refractivity (Wildman–Crippen MR) is 26.7 cm³/mol. The summed E-state index contributed by atoms with van der Waals surface area (Å²) < 4.78 is 0. The van der Waals surface area contributed by atoms with Crippen molar-refractivity contribution in [3.8, 4) is 0 Å². The van der Waals surface area contributed by atoms with Crippen LogP contribution in [-0.4, -0.2) is 11.6 Å². The van der Waals surface area contributed by atoms with E-state index in [4.69, 9.17) is 9.90 Å². The fourth-order valence-electron chi connectivity index (χ4n) is 0. The molecular weight excluding hydrogens is 108 g/mol. The Bertz CT molecular complexity index is 15.1. The first-order valence-electron chi connectivity index (χ1n) is 0.694. The highest BCUT2D eigenvalue weighted by atomic mass is 33.1. The number of hydrogen-bond acceptors (Lipinski definition) is 3. The van der Waals surface area contributed by atoms with Crippen molar-refractivity contribution in [3.05, 3.63) is 0 Å². The fraction of sp³-hybridized carbons (Fsp3) is 0. The van der Waals surface area contributed by atoms with E-state index in [0.29, 0.717) is 0 Å². The zero-order chi connectivity index (χ0) is 4.71. The van der Waals surface area contributed by atoms with Gasteiger partial charge in [0.1, 0.15) is 0 Å². The van der Waals surface area contributed by atoms with E-state index in [1.807, 2.05) is 0 Å². The van der Waals surface area contributed by atoms with Crippen LogP contribution in [-0.2, 0) is 4.79 Å². The molecule has 0 aliphatic rings. The Hall–Kier alpha value is 0.170. The van der Waals surface area contributed by atoms with Gasteiger partial charge in [0.15, 0.2) is 0 Å². The SMILES string of the molecule is O=CO.SS. The molecule has 1 N–H and O–H groups in total. The lowest BCUT2D eigenvalue weighted by molar-refractivity contribution is -0.122. The first kappa shape index (κ1) is 8.95. The van der Waals surface area contributed by atoms with Crippen LogP contribution in [0.2, 0.25) is 0 Å². The summed E-state index contributed by atoms with van der Waals surface area (Å²) in [5, 5.41) is 6.89. The summed E-state index contributed by atoms with van der Waals surface area (Å²) in [6.45, 7) is -0.250. The molecule has 0 saturated heterocycles. The molecule has 4 heteroatoms. The highest BCUT2D eigenvalue weighted by Crippen LogP contribution is 1.65. The van der Waals surface area contributed by atoms with Crippen molar-refractivity contribution in [3.63, 3.8) is 0 Å². The van der Waals surface area contributed by atoms with Crippen LogP contribution in [0.25, 0.3) is 0 Å². The molecule has 0 aromatic heterocycles. The molecule has 0 heterocycles. The topological polar surface area (TPSA) is 37.3 Å². The number of carbonyl (C=O) groups is 1. The van der Waals surface area contributed by atoms with Crippen molar-refractivity contribution in [2.24, 2.45) is 0 Å². The summed E-state index contributed by atoms with van der Waals surface area (Å²) >= 11 is 6.44. The van der Waals surface area contributed by atoms with Crippen LogP contribution >= 0.6 is 23.3 Å². The van der Waals surface area contributed by atoms with E-state index in [2.05, 4.69) is 23.3 Å². The highest BCUT2D eigenvalue weighted by Gasteiger charge is 1.22. The maximum absolute atomic E-state index is 8.36. The molecule has 0 atom stereocenters. The Kier molecular flexibility index (Phi) is 54.8. The molecule has 0 saturated carbocycles. The second kappa shape index (κ2) is 30.6. The smallest absolute Gasteiger partial charge is 0.290 e. The van der Waals surface area contributed by atoms with E-state index < -0.39 is 0 Å². The molecule has 2 nitrogen and oxygen atoms in total. The lowest BCUT2D eigenvalue weighted by Crippen LogP contribution is -1.49. The highest BCUT2D eigenvalue weighted by molar-refractivity contribution is 8.59. The standard InChI is InChI=1S/CH2O2.H2S2/c2-1-3;1-2/h1H,(H,2,3);1-2H. The molecule has 0 bridgehead atoms. The van der Waals surface area contributed by atoms with Crippen molar-refractivity contribution >= 4 is 29.8 Å². The molecule has 0 unspecified atom stereocenters. The molecule has 0 amide bonds. The van der Waals surface area contributed by atoms with Crippen molar-refractivity contribution in [1.82, 2.24) is 0 Å². The summed E-state index contributed by atoms with van der Waals surface area (Å²) in [6.07, 6.45) is 0. The fourth-order valence-corrected chi connectivity index (χ4v) is 0. The third kappa shape index (κ3) is 679. The Morgan fingerprint density at radius 3 is 1.60 bits per heavy atom. The van der Waals surface area contributed by atoms with Crippen LogP contribution < -0.4 is 0 Å². The molecule has 0 fully saturated rings. The van der Waals surface area contributed by atoms with Crippen molar-refractivity contribution in [2.75, 3.05) is 0 Å². The lowest BCUT2D eigenvalue weighted by Gasteiger charge is -1.34. The van der Waals surface area contributed by atoms with Crippen molar-refractivity contribution in [1.29, 1.82) is 0 Å². The second-order valence-corrected chi connectivity index (χ2v) is 0.105. The average Bonchev–Trinajstić information content (AvgIpc) is 1.46. The number of carboxylic acid groups (broad SMARTS) is 1. The Labute approximate surface area is 40.4 Å². The zero-order valence-electron chi connectivity index (χ0n) is 2.33. The van der Waals surface area contributed by atoms with Gasteiger partial charge in [-0.2, -0.15) is 0 Å². The van der Waals surface area contributed by atoms with Crippen LogP contribution in [0.4, 0.5) is 0 Å². The minimum atomic E-state index is -0.250. The average molecular weight is 112 g/mol. The molecule has 0 aromatic carbocycles. The monoisotopic (exact) mass is 112 g/mol. The van der Waals surface area contributed by atoms with E-state index in [1.54, 1.807) is 0 Å². The summed E-state index contributed by atoms with van der Waals surface area (Å²) in [4.78, 5) is 8.36. The number of rotatable bonds is 0. The van der Waals surface area contributed by atoms with Gasteiger partial charge in [-0.05, 0) is 0 Å². The normalized spacial score (nSPS) is 3.60. The maximum atomic E-state index is 8.36. The Morgan fingerprint density at radius 1 is 1.60 bits per heavy atom. The van der Waals surface area contributed by atoms with E-state index in [-0.39, 0.29) is 6.47 Å². The van der Waals surface area contributed by atoms with Crippen LogP contribution in [0.1, 0.15) is 0 Å². The van der Waals surface area contributed by atoms with Gasteiger partial charge in [-0.1, -0.05) is 0 Å². The van der Waals surface area contributed by atoms with Crippen LogP contribution in [0.5, 0.6) is 0 Å². The lowest BCUT2D eigenvalue weighted by atomic mass is 11.7. The van der Waals surface area contributed by atoms with Gasteiger partial charge in [-0.15, -0.1) is 23.3 Å². The third-order valence-corrected chi connectivity index (χ3v) is 0. The Balaban J connectivity index is 0. The minimum absolute atomic E-state index is 0.250. The van der Waals surface area contributed by atoms with E-state index >= 15 is 0 Å². The van der Waals surface area contributed by atoms with Gasteiger partial charge < -0.3 is 5.11 Å². The molecule has 0 aromatic rings. The third-order valence-electron chi connectivity index (χ3n) is 0. The molecule has 0 aliphatic heterocycles. The molecule has 5 heavy (non-hydrogen) atoms. The predicted octanol–water partition coefficient (Wildman–Crippen LogP) is 0.462.